The topological polar surface area (TPSA) is 93.0 Å². The molecular weight excluding hydrogens is 471 g/mol. The van der Waals surface area contributed by atoms with Crippen molar-refractivity contribution < 1.29 is 13.9 Å². The second-order valence-corrected chi connectivity index (χ2v) is 11.0. The van der Waals surface area contributed by atoms with Crippen LogP contribution in [0, 0.1) is 11.2 Å². The summed E-state index contributed by atoms with van der Waals surface area (Å²) in [4.78, 5) is 4.51. The van der Waals surface area contributed by atoms with Gasteiger partial charge in [0.25, 0.3) is 0 Å². The molecule has 0 spiro atoms. The van der Waals surface area contributed by atoms with E-state index in [1.54, 1.807) is 12.3 Å². The Morgan fingerprint density at radius 3 is 2.81 bits per heavy atom. The van der Waals surface area contributed by atoms with E-state index in [9.17, 15) is 4.39 Å². The van der Waals surface area contributed by atoms with Gasteiger partial charge in [-0.1, -0.05) is 6.92 Å². The highest BCUT2D eigenvalue weighted by Crippen LogP contribution is 2.48. The van der Waals surface area contributed by atoms with Crippen LogP contribution < -0.4 is 10.5 Å². The fourth-order valence-electron chi connectivity index (χ4n) is 6.12. The van der Waals surface area contributed by atoms with Crippen molar-refractivity contribution in [1.82, 2.24) is 24.5 Å². The first-order chi connectivity index (χ1) is 17.8. The molecule has 1 aromatic carbocycles. The van der Waals surface area contributed by atoms with Gasteiger partial charge in [-0.2, -0.15) is 10.2 Å². The van der Waals surface area contributed by atoms with E-state index in [0.717, 1.165) is 58.7 Å². The van der Waals surface area contributed by atoms with E-state index in [0.29, 0.717) is 24.8 Å². The molecule has 1 saturated heterocycles. The van der Waals surface area contributed by atoms with Crippen LogP contribution in [0.3, 0.4) is 0 Å². The number of benzene rings is 1. The fourth-order valence-corrected chi connectivity index (χ4v) is 6.12. The number of hydrogen-bond acceptors (Lipinski definition) is 6. The minimum atomic E-state index is -0.478. The standard InChI is InChI=1S/C28H29FN6O2/c1-15-20-9-17(29)4-5-19(20)25-21(11-34(3)33-25)18-6-7-22-24(18)26(16-8-23(37-15)27(30)31-10-16)35(32-22)12-28(2)13-36-14-28/h4-5,8-11,15,18H,6-7,12-14H2,1-3H3,(H2,30,31)/t15-,18?/m1/s1. The molecule has 0 saturated carbocycles. The summed E-state index contributed by atoms with van der Waals surface area (Å²) in [5, 5.41) is 9.99. The number of halogens is 1. The molecule has 4 aromatic rings. The average molecular weight is 501 g/mol. The maximum atomic E-state index is 14.5. The second kappa shape index (κ2) is 7.89. The summed E-state index contributed by atoms with van der Waals surface area (Å²) in [6.07, 6.45) is 5.23. The lowest BCUT2D eigenvalue weighted by atomic mass is 9.87. The van der Waals surface area contributed by atoms with Crippen molar-refractivity contribution >= 4 is 5.82 Å². The Labute approximate surface area is 214 Å². The van der Waals surface area contributed by atoms with E-state index in [-0.39, 0.29) is 17.2 Å². The number of anilines is 1. The van der Waals surface area contributed by atoms with Gasteiger partial charge in [-0.05, 0) is 44.0 Å². The SMILES string of the molecule is C[C@H]1Oc2cc(cnc2N)-c2c3c(nn2CC2(C)COC2)CCC3c2cn(C)nc2-c2ccc(F)cc21. The van der Waals surface area contributed by atoms with Crippen LogP contribution >= 0.6 is 0 Å². The van der Waals surface area contributed by atoms with Gasteiger partial charge in [-0.25, -0.2) is 9.37 Å². The number of aromatic nitrogens is 5. The minimum absolute atomic E-state index is 0.0347. The van der Waals surface area contributed by atoms with Crippen LogP contribution in [0.1, 0.15) is 54.7 Å². The van der Waals surface area contributed by atoms with Crippen LogP contribution in [0.25, 0.3) is 22.5 Å². The molecular formula is C28H29FN6O2. The van der Waals surface area contributed by atoms with Crippen LogP contribution in [-0.4, -0.2) is 37.8 Å². The lowest BCUT2D eigenvalue weighted by Crippen LogP contribution is -2.43. The number of nitrogens with zero attached hydrogens (tertiary/aromatic N) is 5. The van der Waals surface area contributed by atoms with Crippen molar-refractivity contribution in [1.29, 1.82) is 0 Å². The van der Waals surface area contributed by atoms with Crippen molar-refractivity contribution in [2.24, 2.45) is 12.5 Å². The van der Waals surface area contributed by atoms with Crippen molar-refractivity contribution in [3.05, 3.63) is 64.9 Å². The van der Waals surface area contributed by atoms with Gasteiger partial charge in [0.15, 0.2) is 11.6 Å². The highest BCUT2D eigenvalue weighted by molar-refractivity contribution is 5.74. The van der Waals surface area contributed by atoms with Gasteiger partial charge >= 0.3 is 0 Å². The van der Waals surface area contributed by atoms with E-state index in [1.165, 1.54) is 17.7 Å². The maximum absolute atomic E-state index is 14.5. The van der Waals surface area contributed by atoms with Crippen molar-refractivity contribution in [2.75, 3.05) is 18.9 Å². The number of nitrogen functional groups attached to an aromatic ring is 1. The third kappa shape index (κ3) is 3.48. The number of hydrogen-bond donors (Lipinski definition) is 1. The van der Waals surface area contributed by atoms with Gasteiger partial charge in [0.05, 0.1) is 36.8 Å². The molecule has 1 unspecified atom stereocenters. The number of nitrogens with two attached hydrogens (primary N) is 1. The van der Waals surface area contributed by atoms with Crippen LogP contribution in [-0.2, 0) is 24.8 Å². The molecule has 1 fully saturated rings. The summed E-state index contributed by atoms with van der Waals surface area (Å²) in [6, 6.07) is 6.77. The molecule has 190 valence electrons. The van der Waals surface area contributed by atoms with E-state index in [1.807, 2.05) is 24.7 Å². The smallest absolute Gasteiger partial charge is 0.166 e. The maximum Gasteiger partial charge on any atom is 0.166 e. The Morgan fingerprint density at radius 2 is 2.03 bits per heavy atom. The van der Waals surface area contributed by atoms with Crippen LogP contribution in [0.15, 0.2) is 36.7 Å². The third-order valence-corrected chi connectivity index (χ3v) is 7.91. The molecule has 9 heteroatoms. The number of pyridine rings is 1. The summed E-state index contributed by atoms with van der Waals surface area (Å²) >= 11 is 0. The molecule has 3 aliphatic rings. The van der Waals surface area contributed by atoms with Gasteiger partial charge in [-0.3, -0.25) is 9.36 Å². The quantitative estimate of drug-likeness (QED) is 0.431. The van der Waals surface area contributed by atoms with Crippen LogP contribution in [0.2, 0.25) is 0 Å². The number of rotatable bonds is 2. The van der Waals surface area contributed by atoms with E-state index in [4.69, 9.17) is 25.4 Å². The first-order valence-corrected chi connectivity index (χ1v) is 12.7. The van der Waals surface area contributed by atoms with Gasteiger partial charge in [0.1, 0.15) is 11.9 Å². The lowest BCUT2D eigenvalue weighted by molar-refractivity contribution is -0.111. The predicted molar refractivity (Wildman–Crippen MR) is 137 cm³/mol. The Balaban J connectivity index is 1.51. The molecule has 2 N–H and O–H groups in total. The molecule has 0 radical (unpaired) electrons. The summed E-state index contributed by atoms with van der Waals surface area (Å²) in [5.74, 6) is 0.542. The number of aryl methyl sites for hydroxylation is 2. The van der Waals surface area contributed by atoms with Crippen LogP contribution in [0.5, 0.6) is 5.75 Å². The Bertz CT molecular complexity index is 1550. The van der Waals surface area contributed by atoms with Gasteiger partial charge in [-0.15, -0.1) is 0 Å². The van der Waals surface area contributed by atoms with E-state index in [2.05, 4.69) is 22.8 Å². The Hall–Kier alpha value is -3.72. The second-order valence-electron chi connectivity index (χ2n) is 11.0. The summed E-state index contributed by atoms with van der Waals surface area (Å²) < 4.78 is 30.4. The molecule has 5 heterocycles. The first-order valence-electron chi connectivity index (χ1n) is 12.7. The Morgan fingerprint density at radius 1 is 1.19 bits per heavy atom. The molecule has 2 atom stereocenters. The zero-order chi connectivity index (χ0) is 25.5. The largest absolute Gasteiger partial charge is 0.482 e. The molecule has 8 nitrogen and oxygen atoms in total. The van der Waals surface area contributed by atoms with E-state index >= 15 is 0 Å². The monoisotopic (exact) mass is 500 g/mol. The van der Waals surface area contributed by atoms with Crippen LogP contribution in [0.4, 0.5) is 10.2 Å². The highest BCUT2D eigenvalue weighted by Gasteiger charge is 2.39. The molecule has 2 aliphatic heterocycles. The summed E-state index contributed by atoms with van der Waals surface area (Å²) in [7, 11) is 1.93. The summed E-state index contributed by atoms with van der Waals surface area (Å²) in [6.45, 7) is 6.31. The van der Waals surface area contributed by atoms with Crippen molar-refractivity contribution in [2.45, 2.75) is 45.3 Å². The van der Waals surface area contributed by atoms with Gasteiger partial charge in [0.2, 0.25) is 0 Å². The molecule has 37 heavy (non-hydrogen) atoms. The van der Waals surface area contributed by atoms with Gasteiger partial charge < -0.3 is 15.2 Å². The minimum Gasteiger partial charge on any atom is -0.482 e. The molecule has 1 aliphatic carbocycles. The van der Waals surface area contributed by atoms with E-state index < -0.39 is 6.10 Å². The summed E-state index contributed by atoms with van der Waals surface area (Å²) in [5.41, 5.74) is 14.1. The molecule has 2 bridgehead atoms. The number of fused-ring (bicyclic) bond motifs is 7. The zero-order valence-corrected chi connectivity index (χ0v) is 21.2. The normalized spacial score (nSPS) is 21.1. The van der Waals surface area contributed by atoms with Crippen molar-refractivity contribution in [3.63, 3.8) is 0 Å². The zero-order valence-electron chi connectivity index (χ0n) is 21.2. The lowest BCUT2D eigenvalue weighted by Gasteiger charge is -2.38. The molecule has 7 rings (SSSR count). The Kier molecular flexibility index (Phi) is 4.79. The predicted octanol–water partition coefficient (Wildman–Crippen LogP) is 4.63. The number of ether oxygens (including phenoxy) is 2. The van der Waals surface area contributed by atoms with Gasteiger partial charge in [0, 0.05) is 58.6 Å². The molecule has 3 aromatic heterocycles. The van der Waals surface area contributed by atoms with Crippen molar-refractivity contribution in [3.8, 4) is 28.3 Å². The fraction of sp³-hybridized carbons (Fsp3) is 0.393. The first kappa shape index (κ1) is 22.5. The highest BCUT2D eigenvalue weighted by atomic mass is 19.1. The average Bonchev–Trinajstić information content (AvgIpc) is 3.52. The molecule has 0 amide bonds. The third-order valence-electron chi connectivity index (χ3n) is 7.91.